The van der Waals surface area contributed by atoms with Crippen LogP contribution in [-0.2, 0) is 13.0 Å². The SMILES string of the molecule is CCc1cnn(Cc2cccc([N+](=O)[O-])c2)c1. The number of nitrogens with zero attached hydrogens (tertiary/aromatic N) is 3. The first-order valence-electron chi connectivity index (χ1n) is 5.43. The van der Waals surface area contributed by atoms with Crippen LogP contribution in [0.3, 0.4) is 0 Å². The highest BCUT2D eigenvalue weighted by Gasteiger charge is 2.06. The van der Waals surface area contributed by atoms with Gasteiger partial charge in [0.2, 0.25) is 0 Å². The lowest BCUT2D eigenvalue weighted by Gasteiger charge is -2.01. The molecule has 88 valence electrons. The summed E-state index contributed by atoms with van der Waals surface area (Å²) < 4.78 is 1.79. The van der Waals surface area contributed by atoms with Crippen LogP contribution in [0.5, 0.6) is 0 Å². The molecule has 0 aliphatic rings. The van der Waals surface area contributed by atoms with Crippen LogP contribution < -0.4 is 0 Å². The smallest absolute Gasteiger partial charge is 0.268 e. The maximum atomic E-state index is 10.6. The van der Waals surface area contributed by atoms with Crippen molar-refractivity contribution in [2.24, 2.45) is 0 Å². The van der Waals surface area contributed by atoms with Gasteiger partial charge in [0, 0.05) is 18.3 Å². The van der Waals surface area contributed by atoms with Gasteiger partial charge >= 0.3 is 0 Å². The zero-order valence-electron chi connectivity index (χ0n) is 9.54. The fraction of sp³-hybridized carbons (Fsp3) is 0.250. The number of benzene rings is 1. The standard InChI is InChI=1S/C12H13N3O2/c1-2-10-7-13-14(8-10)9-11-4-3-5-12(6-11)15(16)17/h3-8H,2,9H2,1H3. The summed E-state index contributed by atoms with van der Waals surface area (Å²) in [6, 6.07) is 6.62. The molecule has 0 fully saturated rings. The van der Waals surface area contributed by atoms with Crippen molar-refractivity contribution in [2.75, 3.05) is 0 Å². The Bertz CT molecular complexity index is 534. The normalized spacial score (nSPS) is 10.4. The Morgan fingerprint density at radius 1 is 1.41 bits per heavy atom. The number of nitro groups is 1. The van der Waals surface area contributed by atoms with E-state index in [0.717, 1.165) is 17.5 Å². The highest BCUT2D eigenvalue weighted by Crippen LogP contribution is 2.14. The van der Waals surface area contributed by atoms with Gasteiger partial charge in [0.25, 0.3) is 5.69 Å². The summed E-state index contributed by atoms with van der Waals surface area (Å²) in [7, 11) is 0. The molecule has 0 bridgehead atoms. The maximum absolute atomic E-state index is 10.6. The van der Waals surface area contributed by atoms with Gasteiger partial charge in [0.05, 0.1) is 17.7 Å². The van der Waals surface area contributed by atoms with Gasteiger partial charge in [-0.25, -0.2) is 0 Å². The van der Waals surface area contributed by atoms with Gasteiger partial charge in [-0.3, -0.25) is 14.8 Å². The Kier molecular flexibility index (Phi) is 3.18. The number of aryl methyl sites for hydroxylation is 1. The van der Waals surface area contributed by atoms with E-state index in [1.54, 1.807) is 16.8 Å². The molecular weight excluding hydrogens is 218 g/mol. The summed E-state index contributed by atoms with van der Waals surface area (Å²) in [6.07, 6.45) is 4.71. The molecule has 0 spiro atoms. The molecule has 17 heavy (non-hydrogen) atoms. The second-order valence-corrected chi connectivity index (χ2v) is 3.83. The van der Waals surface area contributed by atoms with E-state index in [1.807, 2.05) is 18.5 Å². The minimum absolute atomic E-state index is 0.116. The van der Waals surface area contributed by atoms with Crippen LogP contribution in [0.25, 0.3) is 0 Å². The molecule has 0 amide bonds. The molecule has 0 saturated carbocycles. The third-order valence-electron chi connectivity index (χ3n) is 2.56. The van der Waals surface area contributed by atoms with Crippen molar-refractivity contribution in [3.05, 3.63) is 57.9 Å². The Labute approximate surface area is 98.8 Å². The summed E-state index contributed by atoms with van der Waals surface area (Å²) in [6.45, 7) is 2.62. The molecule has 2 rings (SSSR count). The van der Waals surface area contributed by atoms with Gasteiger partial charge in [-0.05, 0) is 17.5 Å². The first-order valence-corrected chi connectivity index (χ1v) is 5.43. The second kappa shape index (κ2) is 4.78. The van der Waals surface area contributed by atoms with Gasteiger partial charge in [0.15, 0.2) is 0 Å². The van der Waals surface area contributed by atoms with Crippen LogP contribution in [0.4, 0.5) is 5.69 Å². The van der Waals surface area contributed by atoms with Crippen LogP contribution in [0.1, 0.15) is 18.1 Å². The quantitative estimate of drug-likeness (QED) is 0.599. The zero-order chi connectivity index (χ0) is 12.3. The summed E-state index contributed by atoms with van der Waals surface area (Å²) in [5.74, 6) is 0. The molecule has 0 aliphatic carbocycles. The van der Waals surface area contributed by atoms with E-state index < -0.39 is 0 Å². The lowest BCUT2D eigenvalue weighted by molar-refractivity contribution is -0.384. The van der Waals surface area contributed by atoms with Gasteiger partial charge in [-0.1, -0.05) is 19.1 Å². The van der Waals surface area contributed by atoms with Crippen molar-refractivity contribution in [3.63, 3.8) is 0 Å². The Hall–Kier alpha value is -2.17. The second-order valence-electron chi connectivity index (χ2n) is 3.83. The average molecular weight is 231 g/mol. The van der Waals surface area contributed by atoms with Crippen LogP contribution in [0, 0.1) is 10.1 Å². The molecule has 1 aromatic heterocycles. The number of hydrogen-bond acceptors (Lipinski definition) is 3. The fourth-order valence-electron chi connectivity index (χ4n) is 1.63. The summed E-state index contributed by atoms with van der Waals surface area (Å²) in [4.78, 5) is 10.3. The monoisotopic (exact) mass is 231 g/mol. The largest absolute Gasteiger partial charge is 0.269 e. The summed E-state index contributed by atoms with van der Waals surface area (Å²) in [5.41, 5.74) is 2.16. The summed E-state index contributed by atoms with van der Waals surface area (Å²) >= 11 is 0. The van der Waals surface area contributed by atoms with Crippen LogP contribution >= 0.6 is 0 Å². The van der Waals surface area contributed by atoms with Crippen molar-refractivity contribution in [2.45, 2.75) is 19.9 Å². The highest BCUT2D eigenvalue weighted by molar-refractivity contribution is 5.34. The van der Waals surface area contributed by atoms with E-state index in [0.29, 0.717) is 6.54 Å². The molecule has 0 N–H and O–H groups in total. The van der Waals surface area contributed by atoms with Crippen LogP contribution in [0.15, 0.2) is 36.7 Å². The van der Waals surface area contributed by atoms with E-state index in [9.17, 15) is 10.1 Å². The number of aromatic nitrogens is 2. The molecule has 5 nitrogen and oxygen atoms in total. The lowest BCUT2D eigenvalue weighted by Crippen LogP contribution is -2.00. The van der Waals surface area contributed by atoms with Crippen molar-refractivity contribution in [1.82, 2.24) is 9.78 Å². The molecule has 1 heterocycles. The molecule has 1 aromatic carbocycles. The van der Waals surface area contributed by atoms with E-state index in [-0.39, 0.29) is 10.6 Å². The molecule has 2 aromatic rings. The predicted octanol–water partition coefficient (Wildman–Crippen LogP) is 2.40. The molecular formula is C12H13N3O2. The van der Waals surface area contributed by atoms with Crippen LogP contribution in [0.2, 0.25) is 0 Å². The molecule has 0 atom stereocenters. The molecule has 0 radical (unpaired) electrons. The molecule has 0 saturated heterocycles. The highest BCUT2D eigenvalue weighted by atomic mass is 16.6. The van der Waals surface area contributed by atoms with Crippen LogP contribution in [-0.4, -0.2) is 14.7 Å². The van der Waals surface area contributed by atoms with Gasteiger partial charge in [-0.2, -0.15) is 5.10 Å². The number of nitro benzene ring substituents is 1. The molecule has 0 unspecified atom stereocenters. The van der Waals surface area contributed by atoms with E-state index in [2.05, 4.69) is 12.0 Å². The Balaban J connectivity index is 2.18. The number of rotatable bonds is 4. The Morgan fingerprint density at radius 3 is 2.88 bits per heavy atom. The molecule has 5 heteroatoms. The van der Waals surface area contributed by atoms with Crippen molar-refractivity contribution in [1.29, 1.82) is 0 Å². The minimum Gasteiger partial charge on any atom is -0.268 e. The lowest BCUT2D eigenvalue weighted by atomic mass is 10.2. The number of hydrogen-bond donors (Lipinski definition) is 0. The van der Waals surface area contributed by atoms with E-state index in [4.69, 9.17) is 0 Å². The van der Waals surface area contributed by atoms with E-state index >= 15 is 0 Å². The third kappa shape index (κ3) is 2.69. The number of non-ortho nitro benzene ring substituents is 1. The first-order chi connectivity index (χ1) is 8.19. The Morgan fingerprint density at radius 2 is 2.24 bits per heavy atom. The van der Waals surface area contributed by atoms with Crippen molar-refractivity contribution >= 4 is 5.69 Å². The first kappa shape index (κ1) is 11.3. The van der Waals surface area contributed by atoms with Gasteiger partial charge < -0.3 is 0 Å². The predicted molar refractivity (Wildman–Crippen MR) is 63.8 cm³/mol. The average Bonchev–Trinajstić information content (AvgIpc) is 2.77. The van der Waals surface area contributed by atoms with Crippen molar-refractivity contribution in [3.8, 4) is 0 Å². The topological polar surface area (TPSA) is 61.0 Å². The fourth-order valence-corrected chi connectivity index (χ4v) is 1.63. The zero-order valence-corrected chi connectivity index (χ0v) is 9.54. The van der Waals surface area contributed by atoms with Gasteiger partial charge in [0.1, 0.15) is 0 Å². The maximum Gasteiger partial charge on any atom is 0.269 e. The van der Waals surface area contributed by atoms with Gasteiger partial charge in [-0.15, -0.1) is 0 Å². The van der Waals surface area contributed by atoms with E-state index in [1.165, 1.54) is 6.07 Å². The third-order valence-corrected chi connectivity index (χ3v) is 2.56. The van der Waals surface area contributed by atoms with Crippen molar-refractivity contribution < 1.29 is 4.92 Å². The molecule has 0 aliphatic heterocycles. The summed E-state index contributed by atoms with van der Waals surface area (Å²) in [5, 5.41) is 14.8. The minimum atomic E-state index is -0.385.